The van der Waals surface area contributed by atoms with Crippen molar-refractivity contribution in [2.75, 3.05) is 18.5 Å². The van der Waals surface area contributed by atoms with Crippen LogP contribution in [0.4, 0.5) is 5.69 Å². The summed E-state index contributed by atoms with van der Waals surface area (Å²) < 4.78 is 16.1. The Hall–Kier alpha value is -4.13. The van der Waals surface area contributed by atoms with Crippen LogP contribution in [0.2, 0.25) is 0 Å². The monoisotopic (exact) mass is 417 g/mol. The van der Waals surface area contributed by atoms with Crippen LogP contribution < -0.4 is 14.8 Å². The van der Waals surface area contributed by atoms with Gasteiger partial charge >= 0.3 is 5.97 Å². The Morgan fingerprint density at radius 2 is 1.68 bits per heavy atom. The van der Waals surface area contributed by atoms with Crippen LogP contribution in [0, 0.1) is 0 Å². The van der Waals surface area contributed by atoms with E-state index in [2.05, 4.69) is 5.32 Å². The summed E-state index contributed by atoms with van der Waals surface area (Å²) in [6.07, 6.45) is 0. The average molecular weight is 417 g/mol. The van der Waals surface area contributed by atoms with Gasteiger partial charge in [0, 0.05) is 5.56 Å². The van der Waals surface area contributed by atoms with Crippen molar-refractivity contribution < 1.29 is 28.6 Å². The number of esters is 1. The summed E-state index contributed by atoms with van der Waals surface area (Å²) >= 11 is 0. The van der Waals surface area contributed by atoms with Gasteiger partial charge in [-0.1, -0.05) is 30.3 Å². The number of para-hydroxylation sites is 1. The van der Waals surface area contributed by atoms with Crippen LogP contribution in [0.15, 0.2) is 72.8 Å². The number of nitrogens with one attached hydrogen (secondary N) is 1. The highest BCUT2D eigenvalue weighted by Gasteiger charge is 2.19. The van der Waals surface area contributed by atoms with Crippen molar-refractivity contribution in [2.45, 2.75) is 6.61 Å². The Labute approximate surface area is 178 Å². The number of carbonyl (C=O) groups excluding carboxylic acids is 3. The second-order valence-corrected chi connectivity index (χ2v) is 6.85. The molecule has 0 spiro atoms. The molecule has 0 aromatic heterocycles. The summed E-state index contributed by atoms with van der Waals surface area (Å²) in [5.74, 6) is -0.0225. The molecule has 4 rings (SSSR count). The van der Waals surface area contributed by atoms with Crippen LogP contribution in [-0.2, 0) is 16.1 Å². The van der Waals surface area contributed by atoms with E-state index in [0.717, 1.165) is 11.3 Å². The van der Waals surface area contributed by atoms with Gasteiger partial charge in [-0.25, -0.2) is 4.79 Å². The third-order valence-corrected chi connectivity index (χ3v) is 4.61. The van der Waals surface area contributed by atoms with Crippen molar-refractivity contribution in [1.29, 1.82) is 0 Å². The van der Waals surface area contributed by atoms with E-state index in [1.54, 1.807) is 36.4 Å². The van der Waals surface area contributed by atoms with Crippen LogP contribution in [-0.4, -0.2) is 30.9 Å². The van der Waals surface area contributed by atoms with Gasteiger partial charge in [0.25, 0.3) is 5.91 Å². The summed E-state index contributed by atoms with van der Waals surface area (Å²) in [5.41, 5.74) is 1.96. The molecule has 1 aliphatic rings. The summed E-state index contributed by atoms with van der Waals surface area (Å²) in [4.78, 5) is 36.1. The highest BCUT2D eigenvalue weighted by atomic mass is 16.5. The van der Waals surface area contributed by atoms with E-state index >= 15 is 0 Å². The maximum absolute atomic E-state index is 12.4. The summed E-state index contributed by atoms with van der Waals surface area (Å²) in [6, 6.07) is 20.9. The maximum Gasteiger partial charge on any atom is 0.338 e. The van der Waals surface area contributed by atoms with Gasteiger partial charge in [0.15, 0.2) is 19.0 Å². The number of anilines is 1. The molecule has 7 nitrogen and oxygen atoms in total. The van der Waals surface area contributed by atoms with E-state index < -0.39 is 12.6 Å². The van der Waals surface area contributed by atoms with Gasteiger partial charge in [0.05, 0.1) is 11.3 Å². The molecular formula is C24H19NO6. The second-order valence-electron chi connectivity index (χ2n) is 6.85. The first-order valence-electron chi connectivity index (χ1n) is 9.62. The van der Waals surface area contributed by atoms with Crippen LogP contribution >= 0.6 is 0 Å². The second kappa shape index (κ2) is 9.13. The molecule has 3 aromatic rings. The Bertz CT molecular complexity index is 1110. The highest BCUT2D eigenvalue weighted by molar-refractivity contribution is 6.02. The summed E-state index contributed by atoms with van der Waals surface area (Å²) in [5, 5.41) is 2.64. The van der Waals surface area contributed by atoms with Crippen molar-refractivity contribution in [2.24, 2.45) is 0 Å². The molecule has 0 saturated heterocycles. The Morgan fingerprint density at radius 1 is 0.935 bits per heavy atom. The fourth-order valence-corrected chi connectivity index (χ4v) is 2.97. The van der Waals surface area contributed by atoms with Crippen molar-refractivity contribution in [3.05, 3.63) is 89.5 Å². The molecule has 0 bridgehead atoms. The van der Waals surface area contributed by atoms with Crippen molar-refractivity contribution in [1.82, 2.24) is 0 Å². The highest BCUT2D eigenvalue weighted by Crippen LogP contribution is 2.28. The zero-order valence-electron chi connectivity index (χ0n) is 16.5. The lowest BCUT2D eigenvalue weighted by Crippen LogP contribution is -2.25. The first-order chi connectivity index (χ1) is 15.1. The number of hydrogen-bond donors (Lipinski definition) is 1. The number of carbonyl (C=O) groups is 3. The predicted molar refractivity (Wildman–Crippen MR) is 112 cm³/mol. The van der Waals surface area contributed by atoms with Gasteiger partial charge in [0.1, 0.15) is 18.1 Å². The van der Waals surface area contributed by atoms with E-state index in [1.165, 1.54) is 6.07 Å². The minimum absolute atomic E-state index is 0.0604. The smallest absolute Gasteiger partial charge is 0.338 e. The fourth-order valence-electron chi connectivity index (χ4n) is 2.97. The summed E-state index contributed by atoms with van der Waals surface area (Å²) in [6.45, 7) is -0.100. The topological polar surface area (TPSA) is 90.9 Å². The minimum atomic E-state index is -0.599. The van der Waals surface area contributed by atoms with Crippen LogP contribution in [0.25, 0.3) is 0 Å². The standard InChI is InChI=1S/C24H19NO6/c26-21(18-10-11-22-20(12-18)25-23(27)15-30-22)14-31-24(28)17-8-6-16(7-9-17)13-29-19-4-2-1-3-5-19/h1-12H,13-15H2,(H,25,27). The van der Waals surface area contributed by atoms with E-state index in [0.29, 0.717) is 29.2 Å². The number of Topliss-reactive ketones (excluding diaryl/α,β-unsaturated/α-hetero) is 1. The van der Waals surface area contributed by atoms with E-state index in [9.17, 15) is 14.4 Å². The Balaban J connectivity index is 1.30. The van der Waals surface area contributed by atoms with Crippen molar-refractivity contribution in [3.8, 4) is 11.5 Å². The number of rotatable bonds is 7. The van der Waals surface area contributed by atoms with Crippen molar-refractivity contribution >= 4 is 23.3 Å². The zero-order chi connectivity index (χ0) is 21.6. The lowest BCUT2D eigenvalue weighted by molar-refractivity contribution is -0.118. The molecule has 1 N–H and O–H groups in total. The normalized spacial score (nSPS) is 12.2. The molecule has 0 radical (unpaired) electrons. The molecule has 1 aliphatic heterocycles. The average Bonchev–Trinajstić information content (AvgIpc) is 2.81. The number of ketones is 1. The molecule has 156 valence electrons. The molecule has 1 amide bonds. The predicted octanol–water partition coefficient (Wildman–Crippen LogP) is 3.64. The third kappa shape index (κ3) is 5.08. The van der Waals surface area contributed by atoms with E-state index in [-0.39, 0.29) is 18.3 Å². The number of hydrogen-bond acceptors (Lipinski definition) is 6. The minimum Gasteiger partial charge on any atom is -0.489 e. The number of amides is 1. The van der Waals surface area contributed by atoms with Crippen LogP contribution in [0.3, 0.4) is 0 Å². The first-order valence-corrected chi connectivity index (χ1v) is 9.62. The molecule has 7 heteroatoms. The zero-order valence-corrected chi connectivity index (χ0v) is 16.5. The molecule has 0 atom stereocenters. The molecule has 0 fully saturated rings. The van der Waals surface area contributed by atoms with Crippen LogP contribution in [0.5, 0.6) is 11.5 Å². The van der Waals surface area contributed by atoms with Gasteiger partial charge in [-0.05, 0) is 48.0 Å². The Morgan fingerprint density at radius 3 is 2.45 bits per heavy atom. The molecule has 0 aliphatic carbocycles. The lowest BCUT2D eigenvalue weighted by atomic mass is 10.1. The molecule has 1 heterocycles. The van der Waals surface area contributed by atoms with Gasteiger partial charge in [-0.3, -0.25) is 9.59 Å². The number of benzene rings is 3. The summed E-state index contributed by atoms with van der Waals surface area (Å²) in [7, 11) is 0. The quantitative estimate of drug-likeness (QED) is 0.466. The molecule has 3 aromatic carbocycles. The molecule has 0 unspecified atom stereocenters. The first kappa shape index (κ1) is 20.2. The van der Waals surface area contributed by atoms with E-state index in [1.807, 2.05) is 30.3 Å². The van der Waals surface area contributed by atoms with Gasteiger partial charge in [-0.15, -0.1) is 0 Å². The fraction of sp³-hybridized carbons (Fsp3) is 0.125. The number of ether oxygens (including phenoxy) is 3. The SMILES string of the molecule is O=C1COc2ccc(C(=O)COC(=O)c3ccc(COc4ccccc4)cc3)cc2N1. The van der Waals surface area contributed by atoms with Crippen molar-refractivity contribution in [3.63, 3.8) is 0 Å². The van der Waals surface area contributed by atoms with E-state index in [4.69, 9.17) is 14.2 Å². The molecule has 0 saturated carbocycles. The molecular weight excluding hydrogens is 398 g/mol. The number of fused-ring (bicyclic) bond motifs is 1. The van der Waals surface area contributed by atoms with Crippen LogP contribution in [0.1, 0.15) is 26.3 Å². The van der Waals surface area contributed by atoms with Gasteiger partial charge in [0.2, 0.25) is 0 Å². The lowest BCUT2D eigenvalue weighted by Gasteiger charge is -2.18. The maximum atomic E-state index is 12.4. The Kier molecular flexibility index (Phi) is 5.93. The largest absolute Gasteiger partial charge is 0.489 e. The van der Waals surface area contributed by atoms with Gasteiger partial charge in [-0.2, -0.15) is 0 Å². The molecule has 31 heavy (non-hydrogen) atoms. The third-order valence-electron chi connectivity index (χ3n) is 4.61. The van der Waals surface area contributed by atoms with Gasteiger partial charge < -0.3 is 19.5 Å².